The Kier molecular flexibility index (Phi) is 5.30. The molecule has 0 bridgehead atoms. The molecule has 31 heavy (non-hydrogen) atoms. The summed E-state index contributed by atoms with van der Waals surface area (Å²) in [6.45, 7) is 5.37. The van der Waals surface area contributed by atoms with Gasteiger partial charge in [-0.05, 0) is 49.4 Å². The van der Waals surface area contributed by atoms with Gasteiger partial charge in [0.25, 0.3) is 0 Å². The molecule has 3 aromatic rings. The lowest BCUT2D eigenvalue weighted by Crippen LogP contribution is -2.34. The molecule has 2 aliphatic rings. The average Bonchev–Trinajstić information content (AvgIpc) is 3.38. The second-order valence-electron chi connectivity index (χ2n) is 8.41. The molecule has 0 radical (unpaired) electrons. The topological polar surface area (TPSA) is 75.7 Å². The van der Waals surface area contributed by atoms with Crippen LogP contribution < -0.4 is 4.74 Å². The molecule has 7 nitrogen and oxygen atoms in total. The number of halogens is 1. The Labute approximate surface area is 180 Å². The molecule has 2 saturated heterocycles. The number of aromatic nitrogens is 3. The van der Waals surface area contributed by atoms with Crippen LogP contribution >= 0.6 is 0 Å². The van der Waals surface area contributed by atoms with Crippen LogP contribution in [-0.2, 0) is 4.74 Å². The third-order valence-corrected chi connectivity index (χ3v) is 6.49. The minimum Gasteiger partial charge on any atom is -0.491 e. The first-order chi connectivity index (χ1) is 15.2. The zero-order valence-electron chi connectivity index (χ0n) is 17.3. The molecule has 0 aromatic carbocycles. The van der Waals surface area contributed by atoms with Crippen molar-refractivity contribution in [1.82, 2.24) is 19.5 Å². The van der Waals surface area contributed by atoms with Gasteiger partial charge < -0.3 is 9.47 Å². The maximum absolute atomic E-state index is 13.3. The lowest BCUT2D eigenvalue weighted by atomic mass is 9.80. The number of nitriles is 1. The normalized spacial score (nSPS) is 18.5. The van der Waals surface area contributed by atoms with Crippen LogP contribution in [0.25, 0.3) is 16.6 Å². The van der Waals surface area contributed by atoms with E-state index in [1.807, 2.05) is 6.07 Å². The predicted molar refractivity (Wildman–Crippen MR) is 112 cm³/mol. The molecule has 0 amide bonds. The fraction of sp³-hybridized carbons (Fsp3) is 0.435. The Morgan fingerprint density at radius 2 is 2.10 bits per heavy atom. The first-order valence-corrected chi connectivity index (χ1v) is 10.6. The van der Waals surface area contributed by atoms with Crippen molar-refractivity contribution >= 4 is 5.52 Å². The Balaban J connectivity index is 1.32. The van der Waals surface area contributed by atoms with Gasteiger partial charge in [0.1, 0.15) is 18.4 Å². The number of hydrogen-bond acceptors (Lipinski definition) is 6. The summed E-state index contributed by atoms with van der Waals surface area (Å²) in [6.07, 6.45) is 8.29. The van der Waals surface area contributed by atoms with Crippen LogP contribution in [0.3, 0.4) is 0 Å². The highest BCUT2D eigenvalue weighted by molar-refractivity contribution is 5.84. The lowest BCUT2D eigenvalue weighted by Gasteiger charge is -2.33. The number of likely N-dealkylation sites (tertiary alicyclic amines) is 1. The van der Waals surface area contributed by atoms with Crippen molar-refractivity contribution in [3.63, 3.8) is 0 Å². The van der Waals surface area contributed by atoms with E-state index in [0.717, 1.165) is 51.3 Å². The van der Waals surface area contributed by atoms with Gasteiger partial charge in [0.15, 0.2) is 0 Å². The molecule has 2 fully saturated rings. The largest absolute Gasteiger partial charge is 0.491 e. The molecule has 5 heterocycles. The van der Waals surface area contributed by atoms with Crippen molar-refractivity contribution in [3.05, 3.63) is 48.3 Å². The quantitative estimate of drug-likeness (QED) is 0.589. The molecule has 0 unspecified atom stereocenters. The molecule has 8 heteroatoms. The highest BCUT2D eigenvalue weighted by Crippen LogP contribution is 2.39. The zero-order valence-corrected chi connectivity index (χ0v) is 17.3. The lowest BCUT2D eigenvalue weighted by molar-refractivity contribution is 0.0189. The monoisotopic (exact) mass is 421 g/mol. The second kappa shape index (κ2) is 8.25. The van der Waals surface area contributed by atoms with Gasteiger partial charge in [-0.2, -0.15) is 14.8 Å². The van der Waals surface area contributed by atoms with E-state index < -0.39 is 5.95 Å². The van der Waals surface area contributed by atoms with Gasteiger partial charge in [-0.25, -0.2) is 9.50 Å². The van der Waals surface area contributed by atoms with E-state index in [0.29, 0.717) is 34.4 Å². The number of fused-ring (bicyclic) bond motifs is 1. The van der Waals surface area contributed by atoms with Crippen LogP contribution in [0, 0.1) is 22.7 Å². The van der Waals surface area contributed by atoms with Crippen molar-refractivity contribution in [2.24, 2.45) is 5.41 Å². The molecular formula is C23H24FN5O2. The Morgan fingerprint density at radius 3 is 2.87 bits per heavy atom. The molecule has 0 atom stereocenters. The average molecular weight is 421 g/mol. The summed E-state index contributed by atoms with van der Waals surface area (Å²) < 4.78 is 26.6. The van der Waals surface area contributed by atoms with E-state index in [9.17, 15) is 9.65 Å². The van der Waals surface area contributed by atoms with Gasteiger partial charge >= 0.3 is 0 Å². The summed E-state index contributed by atoms with van der Waals surface area (Å²) in [7, 11) is 0. The highest BCUT2D eigenvalue weighted by atomic mass is 19.1. The fourth-order valence-corrected chi connectivity index (χ4v) is 4.74. The molecule has 3 aromatic heterocycles. The minimum atomic E-state index is -0.547. The third-order valence-electron chi connectivity index (χ3n) is 6.49. The van der Waals surface area contributed by atoms with E-state index in [2.05, 4.69) is 21.1 Å². The second-order valence-corrected chi connectivity index (χ2v) is 8.41. The summed E-state index contributed by atoms with van der Waals surface area (Å²) in [5, 5.41) is 13.7. The van der Waals surface area contributed by atoms with Gasteiger partial charge in [0.05, 0.1) is 23.5 Å². The number of hydrogen-bond donors (Lipinski definition) is 0. The van der Waals surface area contributed by atoms with Gasteiger partial charge in [-0.3, -0.25) is 4.90 Å². The standard InChI is InChI=1S/C23H24FN5O2/c24-21-2-1-17(13-26-21)20-11-19(15-29-22(20)18(12-25)14-27-29)31-10-7-28-6-3-23(16-28)4-8-30-9-5-23/h1-2,11,13-15H,3-10,16H2. The zero-order chi connectivity index (χ0) is 21.3. The molecule has 0 saturated carbocycles. The van der Waals surface area contributed by atoms with Crippen LogP contribution in [0.5, 0.6) is 5.75 Å². The Hall–Kier alpha value is -3.02. The maximum atomic E-state index is 13.3. The van der Waals surface area contributed by atoms with Gasteiger partial charge in [0, 0.05) is 43.6 Å². The smallest absolute Gasteiger partial charge is 0.212 e. The molecular weight excluding hydrogens is 397 g/mol. The fourth-order valence-electron chi connectivity index (χ4n) is 4.74. The van der Waals surface area contributed by atoms with Crippen molar-refractivity contribution in [3.8, 4) is 22.9 Å². The number of pyridine rings is 2. The van der Waals surface area contributed by atoms with Crippen LogP contribution in [0.15, 0.2) is 36.8 Å². The molecule has 2 aliphatic heterocycles. The van der Waals surface area contributed by atoms with E-state index in [1.165, 1.54) is 24.9 Å². The number of rotatable bonds is 5. The molecule has 0 aliphatic carbocycles. The van der Waals surface area contributed by atoms with Crippen LogP contribution in [0.1, 0.15) is 24.8 Å². The van der Waals surface area contributed by atoms with Crippen molar-refractivity contribution in [2.45, 2.75) is 19.3 Å². The predicted octanol–water partition coefficient (Wildman–Crippen LogP) is 3.29. The molecule has 5 rings (SSSR count). The Bertz CT molecular complexity index is 1120. The molecule has 0 N–H and O–H groups in total. The number of nitrogens with zero attached hydrogens (tertiary/aromatic N) is 5. The van der Waals surface area contributed by atoms with Crippen molar-refractivity contribution in [2.75, 3.05) is 39.5 Å². The summed E-state index contributed by atoms with van der Waals surface area (Å²) in [4.78, 5) is 6.22. The van der Waals surface area contributed by atoms with Crippen LogP contribution in [-0.4, -0.2) is 59.0 Å². The first-order valence-electron chi connectivity index (χ1n) is 10.6. The maximum Gasteiger partial charge on any atom is 0.212 e. The van der Waals surface area contributed by atoms with Crippen molar-refractivity contribution < 1.29 is 13.9 Å². The van der Waals surface area contributed by atoms with E-state index in [1.54, 1.807) is 16.8 Å². The minimum absolute atomic E-state index is 0.419. The van der Waals surface area contributed by atoms with Gasteiger partial charge in [-0.1, -0.05) is 0 Å². The summed E-state index contributed by atoms with van der Waals surface area (Å²) in [5.74, 6) is 0.105. The molecule has 1 spiro atoms. The third kappa shape index (κ3) is 3.99. The summed E-state index contributed by atoms with van der Waals surface area (Å²) in [5.41, 5.74) is 2.97. The Morgan fingerprint density at radius 1 is 1.23 bits per heavy atom. The van der Waals surface area contributed by atoms with Crippen molar-refractivity contribution in [1.29, 1.82) is 5.26 Å². The molecule has 160 valence electrons. The number of ether oxygens (including phenoxy) is 2. The summed E-state index contributed by atoms with van der Waals surface area (Å²) in [6, 6.07) is 6.99. The van der Waals surface area contributed by atoms with Crippen LogP contribution in [0.4, 0.5) is 4.39 Å². The van der Waals surface area contributed by atoms with E-state index in [-0.39, 0.29) is 0 Å². The van der Waals surface area contributed by atoms with Gasteiger partial charge in [0.2, 0.25) is 5.95 Å². The summed E-state index contributed by atoms with van der Waals surface area (Å²) >= 11 is 0. The van der Waals surface area contributed by atoms with Crippen LogP contribution in [0.2, 0.25) is 0 Å². The van der Waals surface area contributed by atoms with E-state index >= 15 is 0 Å². The first kappa shape index (κ1) is 19.9. The van der Waals surface area contributed by atoms with Gasteiger partial charge in [-0.15, -0.1) is 0 Å². The SMILES string of the molecule is N#Cc1cnn2cc(OCCN3CCC4(CCOCC4)C3)cc(-c3ccc(F)nc3)c12. The van der Waals surface area contributed by atoms with E-state index in [4.69, 9.17) is 9.47 Å². The highest BCUT2D eigenvalue weighted by Gasteiger charge is 2.38.